The van der Waals surface area contributed by atoms with Crippen LogP contribution in [0, 0.1) is 6.92 Å². The van der Waals surface area contributed by atoms with Gasteiger partial charge in [-0.25, -0.2) is 9.00 Å². The Balaban J connectivity index is 3.16. The fourth-order valence-corrected chi connectivity index (χ4v) is 3.33. The van der Waals surface area contributed by atoms with E-state index in [1.54, 1.807) is 32.9 Å². The van der Waals surface area contributed by atoms with Gasteiger partial charge in [-0.15, -0.1) is 4.36 Å². The van der Waals surface area contributed by atoms with Crippen LogP contribution in [0.2, 0.25) is 0 Å². The quantitative estimate of drug-likeness (QED) is 0.766. The summed E-state index contributed by atoms with van der Waals surface area (Å²) in [7, 11) is -2.81. The molecule has 0 aromatic heterocycles. The maximum Gasteiger partial charge on any atom is 0.442 e. The summed E-state index contributed by atoms with van der Waals surface area (Å²) in [6, 6.07) is 5.34. The van der Waals surface area contributed by atoms with Gasteiger partial charge in [-0.05, 0) is 51.5 Å². The van der Waals surface area contributed by atoms with E-state index >= 15 is 0 Å². The Morgan fingerprint density at radius 1 is 1.32 bits per heavy atom. The Kier molecular flexibility index (Phi) is 4.79. The van der Waals surface area contributed by atoms with E-state index in [-0.39, 0.29) is 0 Å². The number of carbonyl (C=O) groups excluding carboxylic acids is 1. The molecule has 1 amide bonds. The van der Waals surface area contributed by atoms with Gasteiger partial charge >= 0.3 is 6.09 Å². The highest BCUT2D eigenvalue weighted by atomic mass is 79.9. The van der Waals surface area contributed by atoms with E-state index in [0.717, 1.165) is 10.0 Å². The minimum atomic E-state index is -2.81. The van der Waals surface area contributed by atoms with Crippen LogP contribution in [0.4, 0.5) is 4.79 Å². The molecule has 4 nitrogen and oxygen atoms in total. The van der Waals surface area contributed by atoms with Crippen molar-refractivity contribution in [2.24, 2.45) is 4.36 Å². The SMILES string of the molecule is Cc1cc(Br)cc(S(C)(=O)=NC(=O)OC(C)(C)C)c1. The van der Waals surface area contributed by atoms with Gasteiger partial charge in [0.25, 0.3) is 0 Å². The van der Waals surface area contributed by atoms with Gasteiger partial charge < -0.3 is 4.74 Å². The first-order valence-electron chi connectivity index (χ1n) is 5.72. The molecule has 0 saturated heterocycles. The van der Waals surface area contributed by atoms with Crippen LogP contribution in [-0.2, 0) is 14.5 Å². The van der Waals surface area contributed by atoms with Gasteiger partial charge in [-0.3, -0.25) is 0 Å². The molecule has 0 bridgehead atoms. The summed E-state index contributed by atoms with van der Waals surface area (Å²) in [5, 5.41) is 0. The van der Waals surface area contributed by atoms with Gasteiger partial charge in [-0.2, -0.15) is 0 Å². The average Bonchev–Trinajstić information content (AvgIpc) is 2.11. The number of carbonyl (C=O) groups is 1. The Bertz CT molecular complexity index is 591. The van der Waals surface area contributed by atoms with Crippen LogP contribution < -0.4 is 0 Å². The number of rotatable bonds is 1. The zero-order valence-electron chi connectivity index (χ0n) is 11.7. The van der Waals surface area contributed by atoms with E-state index in [1.807, 2.05) is 13.0 Å². The fourth-order valence-electron chi connectivity index (χ4n) is 1.40. The van der Waals surface area contributed by atoms with Crippen molar-refractivity contribution in [3.05, 3.63) is 28.2 Å². The third-order valence-electron chi connectivity index (χ3n) is 2.10. The van der Waals surface area contributed by atoms with Crippen LogP contribution >= 0.6 is 15.9 Å². The number of hydrogen-bond donors (Lipinski definition) is 0. The first-order valence-corrected chi connectivity index (χ1v) is 8.43. The van der Waals surface area contributed by atoms with Crippen molar-refractivity contribution in [3.8, 4) is 0 Å². The molecule has 1 atom stereocenters. The van der Waals surface area contributed by atoms with E-state index in [2.05, 4.69) is 20.3 Å². The highest BCUT2D eigenvalue weighted by molar-refractivity contribution is 9.10. The Morgan fingerprint density at radius 3 is 2.37 bits per heavy atom. The van der Waals surface area contributed by atoms with E-state index < -0.39 is 21.4 Å². The number of benzene rings is 1. The van der Waals surface area contributed by atoms with Crippen LogP contribution in [0.25, 0.3) is 0 Å². The van der Waals surface area contributed by atoms with Gasteiger partial charge in [0.05, 0.1) is 9.73 Å². The van der Waals surface area contributed by atoms with Crippen molar-refractivity contribution >= 4 is 31.8 Å². The molecule has 0 spiro atoms. The van der Waals surface area contributed by atoms with Gasteiger partial charge in [0.2, 0.25) is 0 Å². The molecule has 0 aliphatic carbocycles. The Labute approximate surface area is 122 Å². The highest BCUT2D eigenvalue weighted by Crippen LogP contribution is 2.21. The molecule has 1 aromatic carbocycles. The molecule has 0 heterocycles. The van der Waals surface area contributed by atoms with Crippen LogP contribution in [0.5, 0.6) is 0 Å². The molecular formula is C13H18BrNO3S. The Hall–Kier alpha value is -0.880. The van der Waals surface area contributed by atoms with Crippen molar-refractivity contribution < 1.29 is 13.7 Å². The predicted molar refractivity (Wildman–Crippen MR) is 79.9 cm³/mol. The lowest BCUT2D eigenvalue weighted by Gasteiger charge is -2.17. The zero-order valence-corrected chi connectivity index (χ0v) is 14.1. The maximum absolute atomic E-state index is 12.5. The first kappa shape index (κ1) is 16.2. The minimum Gasteiger partial charge on any atom is -0.442 e. The summed E-state index contributed by atoms with van der Waals surface area (Å²) in [6.07, 6.45) is 0.621. The van der Waals surface area contributed by atoms with E-state index in [1.165, 1.54) is 6.26 Å². The zero-order chi connectivity index (χ0) is 14.8. The van der Waals surface area contributed by atoms with Crippen molar-refractivity contribution in [3.63, 3.8) is 0 Å². The van der Waals surface area contributed by atoms with Crippen LogP contribution in [0.3, 0.4) is 0 Å². The number of amides is 1. The van der Waals surface area contributed by atoms with Gasteiger partial charge in [0, 0.05) is 15.6 Å². The van der Waals surface area contributed by atoms with Crippen molar-refractivity contribution in [1.29, 1.82) is 0 Å². The van der Waals surface area contributed by atoms with E-state index in [9.17, 15) is 9.00 Å². The maximum atomic E-state index is 12.5. The lowest BCUT2D eigenvalue weighted by Crippen LogP contribution is -2.22. The number of nitrogens with zero attached hydrogens (tertiary/aromatic N) is 1. The van der Waals surface area contributed by atoms with Crippen LogP contribution in [0.1, 0.15) is 26.3 Å². The van der Waals surface area contributed by atoms with Gasteiger partial charge in [-0.1, -0.05) is 15.9 Å². The average molecular weight is 348 g/mol. The van der Waals surface area contributed by atoms with Gasteiger partial charge in [0.15, 0.2) is 0 Å². The van der Waals surface area contributed by atoms with Crippen molar-refractivity contribution in [2.45, 2.75) is 38.2 Å². The molecule has 0 radical (unpaired) electrons. The number of hydrogen-bond acceptors (Lipinski definition) is 3. The third kappa shape index (κ3) is 5.32. The van der Waals surface area contributed by atoms with Gasteiger partial charge in [0.1, 0.15) is 5.60 Å². The lowest BCUT2D eigenvalue weighted by atomic mass is 10.2. The molecule has 0 N–H and O–H groups in total. The molecule has 0 saturated carbocycles. The standard InChI is InChI=1S/C13H18BrNO3S/c1-9-6-10(14)8-11(7-9)19(5,17)15-12(16)18-13(2,3)4/h6-8H,1-5H3. The second-order valence-electron chi connectivity index (χ2n) is 5.34. The smallest absolute Gasteiger partial charge is 0.442 e. The van der Waals surface area contributed by atoms with Crippen LogP contribution in [-0.4, -0.2) is 22.2 Å². The topological polar surface area (TPSA) is 55.7 Å². The first-order chi connectivity index (χ1) is 8.49. The third-order valence-corrected chi connectivity index (χ3v) is 4.16. The minimum absolute atomic E-state index is 0.505. The summed E-state index contributed by atoms with van der Waals surface area (Å²) >= 11 is 3.34. The Morgan fingerprint density at radius 2 is 1.89 bits per heavy atom. The predicted octanol–water partition coefficient (Wildman–Crippen LogP) is 4.15. The lowest BCUT2D eigenvalue weighted by molar-refractivity contribution is 0.0607. The number of aryl methyl sites for hydroxylation is 1. The second kappa shape index (κ2) is 5.63. The van der Waals surface area contributed by atoms with E-state index in [4.69, 9.17) is 4.74 Å². The molecule has 0 aliphatic heterocycles. The normalized spacial score (nSPS) is 14.6. The second-order valence-corrected chi connectivity index (χ2v) is 8.51. The molecule has 0 aliphatic rings. The molecule has 1 unspecified atom stereocenters. The largest absolute Gasteiger partial charge is 0.442 e. The monoisotopic (exact) mass is 347 g/mol. The molecule has 6 heteroatoms. The summed E-state index contributed by atoms with van der Waals surface area (Å²) in [4.78, 5) is 12.1. The molecule has 106 valence electrons. The van der Waals surface area contributed by atoms with Crippen molar-refractivity contribution in [1.82, 2.24) is 0 Å². The van der Waals surface area contributed by atoms with Crippen LogP contribution in [0.15, 0.2) is 31.9 Å². The molecule has 1 aromatic rings. The summed E-state index contributed by atoms with van der Waals surface area (Å²) in [6.45, 7) is 7.10. The molecule has 0 fully saturated rings. The number of ether oxygens (including phenoxy) is 1. The summed E-state index contributed by atoms with van der Waals surface area (Å²) < 4.78 is 22.1. The fraction of sp³-hybridized carbons (Fsp3) is 0.462. The molecular weight excluding hydrogens is 330 g/mol. The van der Waals surface area contributed by atoms with Crippen molar-refractivity contribution in [2.75, 3.05) is 6.26 Å². The summed E-state index contributed by atoms with van der Waals surface area (Å²) in [5.41, 5.74) is 0.293. The van der Waals surface area contributed by atoms with E-state index in [0.29, 0.717) is 4.90 Å². The summed E-state index contributed by atoms with van der Waals surface area (Å²) in [5.74, 6) is 0. The molecule has 19 heavy (non-hydrogen) atoms. The number of halogens is 1. The highest BCUT2D eigenvalue weighted by Gasteiger charge is 2.18. The molecule has 1 rings (SSSR count).